The van der Waals surface area contributed by atoms with Crippen LogP contribution in [0.15, 0.2) is 23.8 Å². The Kier molecular flexibility index (Phi) is 2.70. The number of hydrogen-bond acceptors (Lipinski definition) is 0. The first-order chi connectivity index (χ1) is 5.88. The van der Waals surface area contributed by atoms with Crippen LogP contribution in [0, 0.1) is 17.3 Å². The molecule has 74 valence electrons. The Morgan fingerprint density at radius 1 is 1.23 bits per heavy atom. The molecule has 0 saturated heterocycles. The Morgan fingerprint density at radius 2 is 1.77 bits per heavy atom. The molecule has 0 aromatic rings. The van der Waals surface area contributed by atoms with Crippen LogP contribution in [-0.4, -0.2) is 0 Å². The van der Waals surface area contributed by atoms with Crippen LogP contribution < -0.4 is 0 Å². The molecule has 0 N–H and O–H groups in total. The van der Waals surface area contributed by atoms with Gasteiger partial charge in [-0.15, -0.1) is 6.58 Å². The standard InChI is InChI=1S/C13H22/c1-7-11-8-12(13(4,5)6)10(3)9(11)2/h7,11-12H,1,8H2,2-6H3. The summed E-state index contributed by atoms with van der Waals surface area (Å²) in [6, 6.07) is 0. The van der Waals surface area contributed by atoms with Gasteiger partial charge < -0.3 is 0 Å². The predicted molar refractivity (Wildman–Crippen MR) is 59.6 cm³/mol. The fraction of sp³-hybridized carbons (Fsp3) is 0.692. The van der Waals surface area contributed by atoms with Gasteiger partial charge in [-0.3, -0.25) is 0 Å². The van der Waals surface area contributed by atoms with Gasteiger partial charge in [0.1, 0.15) is 0 Å². The third-order valence-corrected chi connectivity index (χ3v) is 3.52. The average Bonchev–Trinajstić information content (AvgIpc) is 2.28. The van der Waals surface area contributed by atoms with Gasteiger partial charge in [0.15, 0.2) is 0 Å². The Bertz CT molecular complexity index is 237. The lowest BCUT2D eigenvalue weighted by atomic mass is 9.76. The zero-order chi connectivity index (χ0) is 10.2. The summed E-state index contributed by atoms with van der Waals surface area (Å²) in [5, 5.41) is 0. The lowest BCUT2D eigenvalue weighted by Gasteiger charge is -2.28. The van der Waals surface area contributed by atoms with Gasteiger partial charge in [0, 0.05) is 0 Å². The van der Waals surface area contributed by atoms with Crippen molar-refractivity contribution in [1.29, 1.82) is 0 Å². The first-order valence-corrected chi connectivity index (χ1v) is 5.17. The van der Waals surface area contributed by atoms with Gasteiger partial charge in [-0.2, -0.15) is 0 Å². The summed E-state index contributed by atoms with van der Waals surface area (Å²) in [4.78, 5) is 0. The normalized spacial score (nSPS) is 29.6. The minimum absolute atomic E-state index is 0.406. The van der Waals surface area contributed by atoms with Crippen LogP contribution in [0.3, 0.4) is 0 Å². The number of hydrogen-bond donors (Lipinski definition) is 0. The van der Waals surface area contributed by atoms with Crippen molar-refractivity contribution in [2.75, 3.05) is 0 Å². The lowest BCUT2D eigenvalue weighted by molar-refractivity contribution is 0.269. The van der Waals surface area contributed by atoms with Crippen LogP contribution in [0.2, 0.25) is 0 Å². The molecule has 0 amide bonds. The van der Waals surface area contributed by atoms with E-state index in [1.165, 1.54) is 6.42 Å². The highest BCUT2D eigenvalue weighted by Crippen LogP contribution is 2.45. The van der Waals surface area contributed by atoms with Crippen molar-refractivity contribution in [1.82, 2.24) is 0 Å². The van der Waals surface area contributed by atoms with Crippen molar-refractivity contribution >= 4 is 0 Å². The van der Waals surface area contributed by atoms with Crippen molar-refractivity contribution in [2.24, 2.45) is 17.3 Å². The summed E-state index contributed by atoms with van der Waals surface area (Å²) in [6.45, 7) is 15.5. The lowest BCUT2D eigenvalue weighted by Crippen LogP contribution is -2.19. The first-order valence-electron chi connectivity index (χ1n) is 5.17. The molecule has 0 radical (unpaired) electrons. The monoisotopic (exact) mass is 178 g/mol. The Hall–Kier alpha value is -0.520. The summed E-state index contributed by atoms with van der Waals surface area (Å²) in [7, 11) is 0. The molecule has 0 heterocycles. The molecular formula is C13H22. The maximum Gasteiger partial charge on any atom is -0.00201 e. The van der Waals surface area contributed by atoms with Gasteiger partial charge >= 0.3 is 0 Å². The largest absolute Gasteiger partial charge is 0.102 e. The highest BCUT2D eigenvalue weighted by molar-refractivity contribution is 5.27. The zero-order valence-electron chi connectivity index (χ0n) is 9.65. The molecule has 0 aromatic carbocycles. The summed E-state index contributed by atoms with van der Waals surface area (Å²) >= 11 is 0. The molecule has 0 fully saturated rings. The summed E-state index contributed by atoms with van der Waals surface area (Å²) < 4.78 is 0. The van der Waals surface area contributed by atoms with E-state index >= 15 is 0 Å². The molecular weight excluding hydrogens is 156 g/mol. The van der Waals surface area contributed by atoms with E-state index in [0.717, 1.165) is 5.92 Å². The van der Waals surface area contributed by atoms with Crippen LogP contribution in [0.5, 0.6) is 0 Å². The summed E-state index contributed by atoms with van der Waals surface area (Å²) in [6.07, 6.45) is 3.37. The minimum Gasteiger partial charge on any atom is -0.102 e. The van der Waals surface area contributed by atoms with E-state index in [-0.39, 0.29) is 0 Å². The molecule has 0 bridgehead atoms. The van der Waals surface area contributed by atoms with Crippen LogP contribution in [0.4, 0.5) is 0 Å². The molecule has 0 nitrogen and oxygen atoms in total. The molecule has 1 rings (SSSR count). The second-order valence-electron chi connectivity index (χ2n) is 5.36. The van der Waals surface area contributed by atoms with Crippen LogP contribution in [0.1, 0.15) is 41.0 Å². The molecule has 0 heteroatoms. The molecule has 2 unspecified atom stereocenters. The van der Waals surface area contributed by atoms with E-state index in [0.29, 0.717) is 11.3 Å². The Morgan fingerprint density at radius 3 is 2.00 bits per heavy atom. The van der Waals surface area contributed by atoms with Gasteiger partial charge in [-0.05, 0) is 37.5 Å². The van der Waals surface area contributed by atoms with Crippen LogP contribution in [-0.2, 0) is 0 Å². The SMILES string of the molecule is C=CC1CC(C(C)(C)C)C(C)=C1C. The highest BCUT2D eigenvalue weighted by atomic mass is 14.4. The molecule has 1 aliphatic carbocycles. The Labute approximate surface area is 82.7 Å². The van der Waals surface area contributed by atoms with E-state index < -0.39 is 0 Å². The summed E-state index contributed by atoms with van der Waals surface area (Å²) in [5.41, 5.74) is 3.55. The van der Waals surface area contributed by atoms with Gasteiger partial charge in [-0.25, -0.2) is 0 Å². The van der Waals surface area contributed by atoms with Gasteiger partial charge in [-0.1, -0.05) is 38.0 Å². The van der Waals surface area contributed by atoms with Crippen molar-refractivity contribution in [2.45, 2.75) is 41.0 Å². The molecule has 0 aromatic heterocycles. The van der Waals surface area contributed by atoms with Crippen molar-refractivity contribution in [3.8, 4) is 0 Å². The molecule has 2 atom stereocenters. The third kappa shape index (κ3) is 1.87. The maximum atomic E-state index is 3.91. The van der Waals surface area contributed by atoms with E-state index in [2.05, 4.69) is 47.3 Å². The first kappa shape index (κ1) is 10.6. The van der Waals surface area contributed by atoms with Gasteiger partial charge in [0.25, 0.3) is 0 Å². The van der Waals surface area contributed by atoms with E-state index in [9.17, 15) is 0 Å². The summed E-state index contributed by atoms with van der Waals surface area (Å²) in [5.74, 6) is 1.37. The number of rotatable bonds is 1. The van der Waals surface area contributed by atoms with Crippen molar-refractivity contribution in [3.63, 3.8) is 0 Å². The minimum atomic E-state index is 0.406. The second kappa shape index (κ2) is 3.32. The van der Waals surface area contributed by atoms with Gasteiger partial charge in [0.05, 0.1) is 0 Å². The quantitative estimate of drug-likeness (QED) is 0.528. The molecule has 1 aliphatic rings. The molecule has 13 heavy (non-hydrogen) atoms. The van der Waals surface area contributed by atoms with Crippen LogP contribution >= 0.6 is 0 Å². The molecule has 0 spiro atoms. The van der Waals surface area contributed by atoms with E-state index in [4.69, 9.17) is 0 Å². The smallest absolute Gasteiger partial charge is 0.00201 e. The van der Waals surface area contributed by atoms with Crippen molar-refractivity contribution < 1.29 is 0 Å². The second-order valence-corrected chi connectivity index (χ2v) is 5.36. The Balaban J connectivity index is 2.92. The van der Waals surface area contributed by atoms with Crippen molar-refractivity contribution in [3.05, 3.63) is 23.8 Å². The maximum absolute atomic E-state index is 3.91. The molecule has 0 saturated carbocycles. The highest BCUT2D eigenvalue weighted by Gasteiger charge is 2.34. The third-order valence-electron chi connectivity index (χ3n) is 3.52. The fourth-order valence-corrected chi connectivity index (χ4v) is 2.45. The predicted octanol–water partition coefficient (Wildman–Crippen LogP) is 4.19. The van der Waals surface area contributed by atoms with Gasteiger partial charge in [0.2, 0.25) is 0 Å². The molecule has 0 aliphatic heterocycles. The van der Waals surface area contributed by atoms with E-state index in [1.54, 1.807) is 11.1 Å². The fourth-order valence-electron chi connectivity index (χ4n) is 2.45. The average molecular weight is 178 g/mol. The topological polar surface area (TPSA) is 0 Å². The number of allylic oxidation sites excluding steroid dienone is 3. The van der Waals surface area contributed by atoms with E-state index in [1.807, 2.05) is 0 Å². The zero-order valence-corrected chi connectivity index (χ0v) is 9.65. The van der Waals surface area contributed by atoms with Crippen LogP contribution in [0.25, 0.3) is 0 Å².